The second-order valence-corrected chi connectivity index (χ2v) is 6.70. The van der Waals surface area contributed by atoms with E-state index in [1.165, 1.54) is 11.8 Å². The first kappa shape index (κ1) is 20.2. The average molecular weight is 439 g/mol. The van der Waals surface area contributed by atoms with Crippen LogP contribution in [0.3, 0.4) is 0 Å². The molecule has 3 rings (SSSR count). The normalized spacial score (nSPS) is 11.0. The zero-order valence-electron chi connectivity index (χ0n) is 15.2. The Kier molecular flexibility index (Phi) is 6.23. The van der Waals surface area contributed by atoms with Crippen LogP contribution in [0.5, 0.6) is 17.2 Å². The lowest BCUT2D eigenvalue weighted by molar-refractivity contribution is 0.324. The number of nitrogens with zero attached hydrogens (tertiary/aromatic N) is 3. The van der Waals surface area contributed by atoms with Crippen LogP contribution in [0.2, 0.25) is 10.0 Å². The van der Waals surface area contributed by atoms with E-state index >= 15 is 0 Å². The second kappa shape index (κ2) is 8.64. The molecule has 146 valence electrons. The summed E-state index contributed by atoms with van der Waals surface area (Å²) in [4.78, 5) is 0. The van der Waals surface area contributed by atoms with Crippen molar-refractivity contribution in [3.05, 3.63) is 50.7 Å². The van der Waals surface area contributed by atoms with Crippen molar-refractivity contribution in [3.8, 4) is 28.6 Å². The smallest absolute Gasteiger partial charge is 0.216 e. The van der Waals surface area contributed by atoms with E-state index in [-0.39, 0.29) is 0 Å². The number of hydrogen-bond donors (Lipinski definition) is 1. The van der Waals surface area contributed by atoms with Gasteiger partial charge in [0.2, 0.25) is 10.5 Å². The van der Waals surface area contributed by atoms with Crippen LogP contribution < -0.4 is 14.2 Å². The highest BCUT2D eigenvalue weighted by Gasteiger charge is 2.17. The van der Waals surface area contributed by atoms with Gasteiger partial charge < -0.3 is 14.2 Å². The van der Waals surface area contributed by atoms with E-state index < -0.39 is 0 Å². The number of H-pyrrole nitrogens is 1. The topological polar surface area (TPSA) is 73.7 Å². The first-order valence-electron chi connectivity index (χ1n) is 7.95. The fourth-order valence-electron chi connectivity index (χ4n) is 2.51. The summed E-state index contributed by atoms with van der Waals surface area (Å²) < 4.78 is 18.0. The molecule has 0 bridgehead atoms. The molecule has 28 heavy (non-hydrogen) atoms. The maximum absolute atomic E-state index is 6.05. The van der Waals surface area contributed by atoms with Crippen molar-refractivity contribution in [2.75, 3.05) is 21.3 Å². The number of benzene rings is 2. The largest absolute Gasteiger partial charge is 0.493 e. The molecule has 0 aliphatic carbocycles. The summed E-state index contributed by atoms with van der Waals surface area (Å²) in [7, 11) is 4.62. The predicted molar refractivity (Wildman–Crippen MR) is 112 cm³/mol. The minimum absolute atomic E-state index is 0.320. The van der Waals surface area contributed by atoms with Crippen molar-refractivity contribution in [3.63, 3.8) is 0 Å². The summed E-state index contributed by atoms with van der Waals surface area (Å²) in [5.41, 5.74) is 1.43. The van der Waals surface area contributed by atoms with E-state index in [0.29, 0.717) is 43.5 Å². The van der Waals surface area contributed by atoms with Crippen molar-refractivity contribution in [2.45, 2.75) is 0 Å². The first-order valence-corrected chi connectivity index (χ1v) is 9.12. The molecule has 0 unspecified atom stereocenters. The summed E-state index contributed by atoms with van der Waals surface area (Å²) in [6.07, 6.45) is 1.61. The van der Waals surface area contributed by atoms with Crippen molar-refractivity contribution in [1.29, 1.82) is 0 Å². The molecule has 0 spiro atoms. The molecular weight excluding hydrogens is 423 g/mol. The van der Waals surface area contributed by atoms with Crippen molar-refractivity contribution in [1.82, 2.24) is 14.9 Å². The number of aromatic amines is 1. The third-order valence-electron chi connectivity index (χ3n) is 3.84. The molecule has 0 atom stereocenters. The standard InChI is InChI=1S/C18H16Cl2N4O3S/c1-25-14-7-11(8-15(26-2)16(14)27-3)17-22-23-18(28)24(17)21-9-10-4-5-12(19)13(20)6-10/h4-9H,1-3H3,(H,23,28)/b21-9-. The number of nitrogens with one attached hydrogen (secondary N) is 1. The van der Waals surface area contributed by atoms with E-state index in [1.807, 2.05) is 0 Å². The highest BCUT2D eigenvalue weighted by molar-refractivity contribution is 7.71. The van der Waals surface area contributed by atoms with E-state index in [0.717, 1.165) is 5.56 Å². The molecule has 3 aromatic rings. The van der Waals surface area contributed by atoms with E-state index in [1.54, 1.807) is 50.8 Å². The maximum Gasteiger partial charge on any atom is 0.216 e. The van der Waals surface area contributed by atoms with Gasteiger partial charge in [0.05, 0.1) is 37.6 Å². The Bertz CT molecular complexity index is 1070. The molecule has 0 aliphatic heterocycles. The summed E-state index contributed by atoms with van der Waals surface area (Å²) in [5.74, 6) is 1.94. The lowest BCUT2D eigenvalue weighted by Gasteiger charge is -2.13. The number of ether oxygens (including phenoxy) is 3. The van der Waals surface area contributed by atoms with Crippen LogP contribution in [-0.2, 0) is 0 Å². The average Bonchev–Trinajstić information content (AvgIpc) is 3.08. The molecule has 1 heterocycles. The number of halogens is 2. The fraction of sp³-hybridized carbons (Fsp3) is 0.167. The Morgan fingerprint density at radius 1 is 1.04 bits per heavy atom. The maximum atomic E-state index is 6.05. The van der Waals surface area contributed by atoms with Gasteiger partial charge in [-0.1, -0.05) is 29.3 Å². The third-order valence-corrected chi connectivity index (χ3v) is 4.84. The Morgan fingerprint density at radius 2 is 1.71 bits per heavy atom. The number of hydrogen-bond acceptors (Lipinski definition) is 6. The van der Waals surface area contributed by atoms with Crippen LogP contribution in [0.25, 0.3) is 11.4 Å². The Labute approximate surface area is 176 Å². The highest BCUT2D eigenvalue weighted by atomic mass is 35.5. The van der Waals surface area contributed by atoms with Gasteiger partial charge in [0.1, 0.15) is 0 Å². The molecule has 0 fully saturated rings. The van der Waals surface area contributed by atoms with Gasteiger partial charge in [-0.25, -0.2) is 5.10 Å². The molecule has 0 saturated carbocycles. The van der Waals surface area contributed by atoms with E-state index in [4.69, 9.17) is 49.6 Å². The Balaban J connectivity index is 2.07. The van der Waals surface area contributed by atoms with Crippen LogP contribution in [0.4, 0.5) is 0 Å². The number of aromatic nitrogens is 3. The Morgan fingerprint density at radius 3 is 2.29 bits per heavy atom. The minimum atomic E-state index is 0.320. The quantitative estimate of drug-likeness (QED) is 0.440. The van der Waals surface area contributed by atoms with Gasteiger partial charge in [0, 0.05) is 5.56 Å². The molecule has 1 aromatic heterocycles. The van der Waals surface area contributed by atoms with Gasteiger partial charge >= 0.3 is 0 Å². The van der Waals surface area contributed by atoms with Crippen LogP contribution >= 0.6 is 35.4 Å². The molecular formula is C18H16Cl2N4O3S. The van der Waals surface area contributed by atoms with Gasteiger partial charge in [-0.3, -0.25) is 0 Å². The third kappa shape index (κ3) is 3.99. The van der Waals surface area contributed by atoms with Crippen molar-refractivity contribution >= 4 is 41.6 Å². The summed E-state index contributed by atoms with van der Waals surface area (Å²) >= 11 is 17.3. The Hall–Kier alpha value is -2.55. The van der Waals surface area contributed by atoms with Gasteiger partial charge in [0.25, 0.3) is 0 Å². The minimum Gasteiger partial charge on any atom is -0.493 e. The predicted octanol–water partition coefficient (Wildman–Crippen LogP) is 4.82. The molecule has 0 aliphatic rings. The first-order chi connectivity index (χ1) is 13.5. The molecule has 10 heteroatoms. The fourth-order valence-corrected chi connectivity index (χ4v) is 3.00. The van der Waals surface area contributed by atoms with Gasteiger partial charge in [-0.05, 0) is 42.0 Å². The van der Waals surface area contributed by atoms with Crippen molar-refractivity contribution in [2.24, 2.45) is 5.10 Å². The van der Waals surface area contributed by atoms with Gasteiger partial charge in [-0.2, -0.15) is 14.9 Å². The van der Waals surface area contributed by atoms with E-state index in [9.17, 15) is 0 Å². The lowest BCUT2D eigenvalue weighted by Crippen LogP contribution is -1.99. The van der Waals surface area contributed by atoms with Gasteiger partial charge in [0.15, 0.2) is 17.3 Å². The zero-order valence-corrected chi connectivity index (χ0v) is 17.5. The SMILES string of the molecule is COc1cc(-c2n[nH]c(=S)n2/N=C\c2ccc(Cl)c(Cl)c2)cc(OC)c1OC. The molecule has 0 saturated heterocycles. The van der Waals surface area contributed by atoms with Crippen LogP contribution in [0.1, 0.15) is 5.56 Å². The number of methoxy groups -OCH3 is 3. The monoisotopic (exact) mass is 438 g/mol. The van der Waals surface area contributed by atoms with Crippen LogP contribution in [0.15, 0.2) is 35.4 Å². The number of rotatable bonds is 6. The van der Waals surface area contributed by atoms with Crippen LogP contribution in [-0.4, -0.2) is 42.4 Å². The highest BCUT2D eigenvalue weighted by Crippen LogP contribution is 2.40. The van der Waals surface area contributed by atoms with E-state index in [2.05, 4.69) is 15.3 Å². The second-order valence-electron chi connectivity index (χ2n) is 5.50. The summed E-state index contributed by atoms with van der Waals surface area (Å²) in [6.45, 7) is 0. The molecule has 2 aromatic carbocycles. The molecule has 0 amide bonds. The zero-order chi connectivity index (χ0) is 20.3. The lowest BCUT2D eigenvalue weighted by atomic mass is 10.1. The van der Waals surface area contributed by atoms with Crippen molar-refractivity contribution < 1.29 is 14.2 Å². The molecule has 1 N–H and O–H groups in total. The summed E-state index contributed by atoms with van der Waals surface area (Å²) in [6, 6.07) is 8.71. The van der Waals surface area contributed by atoms with Crippen LogP contribution in [0, 0.1) is 4.77 Å². The molecule has 0 radical (unpaired) electrons. The molecule has 7 nitrogen and oxygen atoms in total. The summed E-state index contributed by atoms with van der Waals surface area (Å²) in [5, 5.41) is 12.3. The van der Waals surface area contributed by atoms with Gasteiger partial charge in [-0.15, -0.1) is 0 Å².